The topological polar surface area (TPSA) is 43.6 Å². The SMILES string of the molecule is Clc1ccc(CSc2nnc(-c3cccnc3)n2Cc2ccccc2)s1. The lowest BCUT2D eigenvalue weighted by Gasteiger charge is -2.10. The first-order chi connectivity index (χ1) is 12.8. The predicted molar refractivity (Wildman–Crippen MR) is 108 cm³/mol. The van der Waals surface area contributed by atoms with Crippen molar-refractivity contribution in [2.24, 2.45) is 0 Å². The standard InChI is InChI=1S/C19H15ClN4S2/c20-17-9-8-16(26-17)13-25-19-23-22-18(15-7-4-10-21-11-15)24(19)12-14-5-2-1-3-6-14/h1-11H,12-13H2. The molecule has 0 unspecified atom stereocenters. The van der Waals surface area contributed by atoms with E-state index in [4.69, 9.17) is 11.6 Å². The molecule has 3 heterocycles. The third kappa shape index (κ3) is 3.98. The van der Waals surface area contributed by atoms with Gasteiger partial charge in [-0.3, -0.25) is 9.55 Å². The Kier molecular flexibility index (Phi) is 5.34. The van der Waals surface area contributed by atoms with Crippen LogP contribution in [0.15, 0.2) is 72.1 Å². The molecule has 0 radical (unpaired) electrons. The van der Waals surface area contributed by atoms with Gasteiger partial charge >= 0.3 is 0 Å². The van der Waals surface area contributed by atoms with Crippen LogP contribution in [0.25, 0.3) is 11.4 Å². The highest BCUT2D eigenvalue weighted by molar-refractivity contribution is 7.98. The summed E-state index contributed by atoms with van der Waals surface area (Å²) in [6, 6.07) is 18.2. The number of nitrogens with zero attached hydrogens (tertiary/aromatic N) is 4. The lowest BCUT2D eigenvalue weighted by Crippen LogP contribution is -2.04. The molecular weight excluding hydrogens is 384 g/mol. The van der Waals surface area contributed by atoms with E-state index in [1.54, 1.807) is 29.3 Å². The van der Waals surface area contributed by atoms with Crippen LogP contribution in [0, 0.1) is 0 Å². The summed E-state index contributed by atoms with van der Waals surface area (Å²) in [5.74, 6) is 1.64. The summed E-state index contributed by atoms with van der Waals surface area (Å²) in [6.45, 7) is 0.714. The van der Waals surface area contributed by atoms with Gasteiger partial charge in [0.2, 0.25) is 0 Å². The van der Waals surface area contributed by atoms with Crippen molar-refractivity contribution < 1.29 is 0 Å². The van der Waals surface area contributed by atoms with E-state index in [-0.39, 0.29) is 0 Å². The minimum Gasteiger partial charge on any atom is -0.297 e. The van der Waals surface area contributed by atoms with Crippen molar-refractivity contribution in [1.29, 1.82) is 0 Å². The molecule has 0 aliphatic heterocycles. The number of hydrogen-bond donors (Lipinski definition) is 0. The fourth-order valence-electron chi connectivity index (χ4n) is 2.58. The van der Waals surface area contributed by atoms with E-state index in [0.717, 1.165) is 26.6 Å². The average molecular weight is 399 g/mol. The van der Waals surface area contributed by atoms with Crippen molar-refractivity contribution in [2.75, 3.05) is 0 Å². The van der Waals surface area contributed by atoms with Crippen molar-refractivity contribution in [3.63, 3.8) is 0 Å². The smallest absolute Gasteiger partial charge is 0.192 e. The van der Waals surface area contributed by atoms with Crippen LogP contribution in [0.1, 0.15) is 10.4 Å². The first-order valence-corrected chi connectivity index (χ1v) is 10.2. The molecule has 0 spiro atoms. The number of thiophene rings is 1. The minimum absolute atomic E-state index is 0.714. The normalized spacial score (nSPS) is 11.0. The first-order valence-electron chi connectivity index (χ1n) is 8.04. The summed E-state index contributed by atoms with van der Waals surface area (Å²) in [5.41, 5.74) is 2.17. The molecule has 0 saturated heterocycles. The maximum atomic E-state index is 6.03. The van der Waals surface area contributed by atoms with E-state index in [9.17, 15) is 0 Å². The van der Waals surface area contributed by atoms with Gasteiger partial charge in [0.1, 0.15) is 0 Å². The fourth-order valence-corrected chi connectivity index (χ4v) is 4.65. The number of pyridine rings is 1. The van der Waals surface area contributed by atoms with Crippen LogP contribution < -0.4 is 0 Å². The van der Waals surface area contributed by atoms with Crippen molar-refractivity contribution in [1.82, 2.24) is 19.7 Å². The van der Waals surface area contributed by atoms with Crippen molar-refractivity contribution in [2.45, 2.75) is 17.5 Å². The van der Waals surface area contributed by atoms with Gasteiger partial charge in [0.15, 0.2) is 11.0 Å². The van der Waals surface area contributed by atoms with Gasteiger partial charge in [-0.2, -0.15) is 0 Å². The van der Waals surface area contributed by atoms with E-state index in [2.05, 4.69) is 37.9 Å². The second-order valence-corrected chi connectivity index (χ2v) is 8.36. The van der Waals surface area contributed by atoms with E-state index in [1.165, 1.54) is 10.4 Å². The molecule has 130 valence electrons. The molecule has 3 aromatic heterocycles. The van der Waals surface area contributed by atoms with Gasteiger partial charge < -0.3 is 0 Å². The maximum Gasteiger partial charge on any atom is 0.192 e. The number of halogens is 1. The van der Waals surface area contributed by atoms with Crippen LogP contribution in [0.2, 0.25) is 4.34 Å². The lowest BCUT2D eigenvalue weighted by molar-refractivity contribution is 0.714. The Morgan fingerprint density at radius 2 is 1.88 bits per heavy atom. The summed E-state index contributed by atoms with van der Waals surface area (Å²) in [7, 11) is 0. The van der Waals surface area contributed by atoms with Crippen LogP contribution in [-0.2, 0) is 12.3 Å². The molecule has 0 saturated carbocycles. The van der Waals surface area contributed by atoms with Crippen LogP contribution >= 0.6 is 34.7 Å². The molecular formula is C19H15ClN4S2. The molecule has 7 heteroatoms. The molecule has 0 fully saturated rings. The van der Waals surface area contributed by atoms with E-state index >= 15 is 0 Å². The van der Waals surface area contributed by atoms with Gasteiger partial charge in [0.25, 0.3) is 0 Å². The Bertz CT molecular complexity index is 983. The average Bonchev–Trinajstić information content (AvgIpc) is 3.28. The molecule has 4 rings (SSSR count). The number of rotatable bonds is 6. The van der Waals surface area contributed by atoms with Crippen LogP contribution in [0.5, 0.6) is 0 Å². The van der Waals surface area contributed by atoms with Gasteiger partial charge in [0.05, 0.1) is 10.9 Å². The number of aromatic nitrogens is 4. The van der Waals surface area contributed by atoms with Crippen molar-refractivity contribution in [3.05, 3.63) is 81.8 Å². The molecule has 4 aromatic rings. The molecule has 4 nitrogen and oxygen atoms in total. The molecule has 0 bridgehead atoms. The molecule has 26 heavy (non-hydrogen) atoms. The lowest BCUT2D eigenvalue weighted by atomic mass is 10.2. The highest BCUT2D eigenvalue weighted by Gasteiger charge is 2.15. The Balaban J connectivity index is 1.65. The second-order valence-electron chi connectivity index (χ2n) is 5.61. The summed E-state index contributed by atoms with van der Waals surface area (Å²) < 4.78 is 2.95. The molecule has 0 atom stereocenters. The van der Waals surface area contributed by atoms with Crippen molar-refractivity contribution >= 4 is 34.7 Å². The van der Waals surface area contributed by atoms with Crippen LogP contribution in [0.4, 0.5) is 0 Å². The Labute approximate surface area is 164 Å². The zero-order valence-corrected chi connectivity index (χ0v) is 16.1. The third-order valence-electron chi connectivity index (χ3n) is 3.79. The third-order valence-corrected chi connectivity index (χ3v) is 6.22. The molecule has 1 aromatic carbocycles. The van der Waals surface area contributed by atoms with Crippen LogP contribution in [0.3, 0.4) is 0 Å². The summed E-state index contributed by atoms with van der Waals surface area (Å²) in [5, 5.41) is 9.75. The largest absolute Gasteiger partial charge is 0.297 e. The van der Waals surface area contributed by atoms with Gasteiger partial charge in [0, 0.05) is 28.6 Å². The minimum atomic E-state index is 0.714. The van der Waals surface area contributed by atoms with Gasteiger partial charge in [-0.15, -0.1) is 21.5 Å². The quantitative estimate of drug-likeness (QED) is 0.408. The number of thioether (sulfide) groups is 1. The van der Waals surface area contributed by atoms with Crippen LogP contribution in [-0.4, -0.2) is 19.7 Å². The van der Waals surface area contributed by atoms with Gasteiger partial charge in [-0.1, -0.05) is 53.7 Å². The Morgan fingerprint density at radius 1 is 1.00 bits per heavy atom. The summed E-state index contributed by atoms with van der Waals surface area (Å²) >= 11 is 9.30. The van der Waals surface area contributed by atoms with Crippen molar-refractivity contribution in [3.8, 4) is 11.4 Å². The van der Waals surface area contributed by atoms with E-state index in [0.29, 0.717) is 6.54 Å². The van der Waals surface area contributed by atoms with Gasteiger partial charge in [-0.25, -0.2) is 0 Å². The highest BCUT2D eigenvalue weighted by Crippen LogP contribution is 2.30. The molecule has 0 aliphatic rings. The Morgan fingerprint density at radius 3 is 2.62 bits per heavy atom. The highest BCUT2D eigenvalue weighted by atomic mass is 35.5. The monoisotopic (exact) mass is 398 g/mol. The summed E-state index contributed by atoms with van der Waals surface area (Å²) in [4.78, 5) is 5.43. The first kappa shape index (κ1) is 17.3. The predicted octanol–water partition coefficient (Wildman–Crippen LogP) is 5.40. The zero-order valence-electron chi connectivity index (χ0n) is 13.7. The van der Waals surface area contributed by atoms with E-state index < -0.39 is 0 Å². The number of hydrogen-bond acceptors (Lipinski definition) is 5. The second kappa shape index (κ2) is 8.03. The maximum absolute atomic E-state index is 6.03. The molecule has 0 aliphatic carbocycles. The number of benzene rings is 1. The fraction of sp³-hybridized carbons (Fsp3) is 0.105. The van der Waals surface area contributed by atoms with E-state index in [1.807, 2.05) is 42.6 Å². The molecule has 0 amide bonds. The van der Waals surface area contributed by atoms with Gasteiger partial charge in [-0.05, 0) is 29.8 Å². The zero-order chi connectivity index (χ0) is 17.8. The summed E-state index contributed by atoms with van der Waals surface area (Å²) in [6.07, 6.45) is 3.58. The Hall–Kier alpha value is -2.15. The molecule has 0 N–H and O–H groups in total.